The maximum Gasteiger partial charge on any atom is 0.196 e. The number of ketones is 3. The number of fused-ring (bicyclic) bond motifs is 3. The average Bonchev–Trinajstić information content (AvgIpc) is 2.59. The molecule has 0 aromatic heterocycles. The molecule has 1 aromatic rings. The first kappa shape index (κ1) is 20.4. The van der Waals surface area contributed by atoms with Gasteiger partial charge in [-0.25, -0.2) is 0 Å². The second kappa shape index (κ2) is 6.56. The average molecular weight is 410 g/mol. The Morgan fingerprint density at radius 3 is 2.33 bits per heavy atom. The molecule has 3 atom stereocenters. The third-order valence-corrected chi connectivity index (χ3v) is 6.67. The second-order valence-corrected chi connectivity index (χ2v) is 9.69. The lowest BCUT2D eigenvalue weighted by molar-refractivity contribution is -0.125. The predicted octanol–water partition coefficient (Wildman–Crippen LogP) is 3.87. The zero-order valence-electron chi connectivity index (χ0n) is 17.6. The molecule has 0 amide bonds. The molecule has 0 spiro atoms. The number of phenolic OH excluding ortho intramolecular Hbond substituents is 1. The van der Waals surface area contributed by atoms with Crippen LogP contribution < -0.4 is 0 Å². The fourth-order valence-electron chi connectivity index (χ4n) is 5.33. The predicted molar refractivity (Wildman–Crippen MR) is 110 cm³/mol. The van der Waals surface area contributed by atoms with Crippen molar-refractivity contribution in [2.45, 2.75) is 52.4 Å². The molecule has 3 aliphatic rings. The maximum absolute atomic E-state index is 13.4. The topological polar surface area (TPSA) is 112 Å². The van der Waals surface area contributed by atoms with Gasteiger partial charge in [0.1, 0.15) is 17.3 Å². The van der Waals surface area contributed by atoms with Gasteiger partial charge >= 0.3 is 0 Å². The van der Waals surface area contributed by atoms with E-state index in [1.807, 2.05) is 32.9 Å². The summed E-state index contributed by atoms with van der Waals surface area (Å²) in [5.41, 5.74) is 1.04. The van der Waals surface area contributed by atoms with Crippen molar-refractivity contribution in [1.29, 1.82) is 0 Å². The minimum Gasteiger partial charge on any atom is -0.511 e. The van der Waals surface area contributed by atoms with Gasteiger partial charge in [-0.05, 0) is 42.6 Å². The Morgan fingerprint density at radius 1 is 1.07 bits per heavy atom. The highest BCUT2D eigenvalue weighted by atomic mass is 16.3. The lowest BCUT2D eigenvalue weighted by Gasteiger charge is -2.41. The van der Waals surface area contributed by atoms with Gasteiger partial charge in [0.15, 0.2) is 17.3 Å². The van der Waals surface area contributed by atoms with Crippen LogP contribution in [0.5, 0.6) is 5.75 Å². The van der Waals surface area contributed by atoms with Gasteiger partial charge < -0.3 is 15.3 Å². The standard InChI is InChI=1S/C24H26O6/c1-10(25)16-15(26)9-13-8-12-7-11-5-6-14(24(2,3)4)20(27)17(11)22(29)18(12)23(30)19(13)21(16)28/h5-6,12-13,19,26-27,30H,7-9H2,1-4H3. The van der Waals surface area contributed by atoms with Crippen molar-refractivity contribution >= 4 is 17.3 Å². The summed E-state index contributed by atoms with van der Waals surface area (Å²) in [4.78, 5) is 38.2. The maximum atomic E-state index is 13.4. The highest BCUT2D eigenvalue weighted by Crippen LogP contribution is 2.50. The first-order chi connectivity index (χ1) is 13.9. The van der Waals surface area contributed by atoms with Gasteiger partial charge in [0.25, 0.3) is 0 Å². The summed E-state index contributed by atoms with van der Waals surface area (Å²) < 4.78 is 0. The molecular weight excluding hydrogens is 384 g/mol. The normalized spacial score (nSPS) is 26.3. The van der Waals surface area contributed by atoms with Gasteiger partial charge in [0.2, 0.25) is 0 Å². The van der Waals surface area contributed by atoms with Gasteiger partial charge in [-0.1, -0.05) is 32.9 Å². The van der Waals surface area contributed by atoms with Crippen molar-refractivity contribution in [1.82, 2.24) is 0 Å². The number of carbonyl (C=O) groups is 3. The van der Waals surface area contributed by atoms with Gasteiger partial charge in [-0.3, -0.25) is 14.4 Å². The van der Waals surface area contributed by atoms with E-state index in [-0.39, 0.29) is 57.6 Å². The van der Waals surface area contributed by atoms with Gasteiger partial charge in [0, 0.05) is 17.6 Å². The summed E-state index contributed by atoms with van der Waals surface area (Å²) in [6.45, 7) is 7.02. The number of carbonyl (C=O) groups excluding carboxylic acids is 3. The fraction of sp³-hybridized carbons (Fsp3) is 0.458. The van der Waals surface area contributed by atoms with E-state index in [2.05, 4.69) is 0 Å². The Morgan fingerprint density at radius 2 is 1.73 bits per heavy atom. The van der Waals surface area contributed by atoms with Crippen molar-refractivity contribution in [3.63, 3.8) is 0 Å². The molecule has 4 rings (SSSR count). The van der Waals surface area contributed by atoms with Gasteiger partial charge in [-0.2, -0.15) is 0 Å². The van der Waals surface area contributed by atoms with E-state index in [1.165, 1.54) is 6.92 Å². The van der Waals surface area contributed by atoms with Crippen LogP contribution in [-0.4, -0.2) is 32.7 Å². The van der Waals surface area contributed by atoms with Crippen LogP contribution in [0.25, 0.3) is 0 Å². The molecule has 0 bridgehead atoms. The monoisotopic (exact) mass is 410 g/mol. The highest BCUT2D eigenvalue weighted by molar-refractivity contribution is 6.22. The Labute approximate surface area is 174 Å². The molecule has 0 aliphatic heterocycles. The number of phenols is 1. The molecular formula is C24H26O6. The number of allylic oxidation sites excluding steroid dienone is 4. The SMILES string of the molecule is CC(=O)C1=C(O)CC2CC3Cc4ccc(C(C)(C)C)c(O)c4C(=O)C3=C(O)C2C1=O. The minimum atomic E-state index is -1.01. The number of hydrogen-bond donors (Lipinski definition) is 3. The number of rotatable bonds is 1. The number of aromatic hydroxyl groups is 1. The lowest BCUT2D eigenvalue weighted by atomic mass is 9.62. The lowest BCUT2D eigenvalue weighted by Crippen LogP contribution is -2.42. The van der Waals surface area contributed by atoms with E-state index >= 15 is 0 Å². The van der Waals surface area contributed by atoms with Crippen molar-refractivity contribution < 1.29 is 29.7 Å². The highest BCUT2D eigenvalue weighted by Gasteiger charge is 2.50. The number of aliphatic hydroxyl groups excluding tert-OH is 2. The molecule has 30 heavy (non-hydrogen) atoms. The molecule has 0 saturated heterocycles. The van der Waals surface area contributed by atoms with Crippen LogP contribution in [0.15, 0.2) is 34.8 Å². The Bertz CT molecular complexity index is 1070. The van der Waals surface area contributed by atoms with Crippen molar-refractivity contribution in [2.24, 2.45) is 17.8 Å². The van der Waals surface area contributed by atoms with E-state index in [1.54, 1.807) is 0 Å². The molecule has 3 aliphatic carbocycles. The Hall–Kier alpha value is -2.89. The van der Waals surface area contributed by atoms with Crippen LogP contribution in [0.2, 0.25) is 0 Å². The van der Waals surface area contributed by atoms with E-state index in [0.29, 0.717) is 18.4 Å². The molecule has 0 saturated carbocycles. The summed E-state index contributed by atoms with van der Waals surface area (Å²) >= 11 is 0. The third kappa shape index (κ3) is 2.81. The largest absolute Gasteiger partial charge is 0.511 e. The summed E-state index contributed by atoms with van der Waals surface area (Å²) in [6.07, 6.45) is 1.02. The molecule has 0 radical (unpaired) electrons. The summed E-state index contributed by atoms with van der Waals surface area (Å²) in [6, 6.07) is 3.68. The minimum absolute atomic E-state index is 0.0807. The van der Waals surface area contributed by atoms with E-state index in [4.69, 9.17) is 0 Å². The second-order valence-electron chi connectivity index (χ2n) is 9.69. The molecule has 6 nitrogen and oxygen atoms in total. The first-order valence-corrected chi connectivity index (χ1v) is 10.2. The zero-order chi connectivity index (χ0) is 22.1. The van der Waals surface area contributed by atoms with Crippen LogP contribution in [0.4, 0.5) is 0 Å². The van der Waals surface area contributed by atoms with Gasteiger partial charge in [0.05, 0.1) is 17.1 Å². The van der Waals surface area contributed by atoms with Gasteiger partial charge in [-0.15, -0.1) is 0 Å². The zero-order valence-corrected chi connectivity index (χ0v) is 17.6. The van der Waals surface area contributed by atoms with Crippen molar-refractivity contribution in [2.75, 3.05) is 0 Å². The molecule has 3 unspecified atom stereocenters. The van der Waals surface area contributed by atoms with Crippen LogP contribution in [0.1, 0.15) is 62.0 Å². The molecule has 3 N–H and O–H groups in total. The van der Waals surface area contributed by atoms with Crippen LogP contribution in [-0.2, 0) is 21.4 Å². The van der Waals surface area contributed by atoms with E-state index in [0.717, 1.165) is 5.56 Å². The number of hydrogen-bond acceptors (Lipinski definition) is 6. The molecule has 6 heteroatoms. The quantitative estimate of drug-likeness (QED) is 0.606. The first-order valence-electron chi connectivity index (χ1n) is 10.2. The third-order valence-electron chi connectivity index (χ3n) is 6.67. The number of aliphatic hydroxyl groups is 2. The number of benzene rings is 1. The molecule has 158 valence electrons. The summed E-state index contributed by atoms with van der Waals surface area (Å²) in [7, 11) is 0. The molecule has 0 heterocycles. The van der Waals surface area contributed by atoms with E-state index in [9.17, 15) is 29.7 Å². The Kier molecular flexibility index (Phi) is 4.46. The number of Topliss-reactive ketones (excluding diaryl/α,β-unsaturated/α-hetero) is 3. The van der Waals surface area contributed by atoms with Crippen LogP contribution in [0.3, 0.4) is 0 Å². The van der Waals surface area contributed by atoms with Crippen LogP contribution in [0, 0.1) is 17.8 Å². The van der Waals surface area contributed by atoms with E-state index < -0.39 is 23.3 Å². The summed E-state index contributed by atoms with van der Waals surface area (Å²) in [5, 5.41) is 32.1. The van der Waals surface area contributed by atoms with Crippen LogP contribution >= 0.6 is 0 Å². The molecule has 1 aromatic carbocycles. The van der Waals surface area contributed by atoms with Crippen molar-refractivity contribution in [3.05, 3.63) is 51.5 Å². The summed E-state index contributed by atoms with van der Waals surface area (Å²) in [5.74, 6) is -3.96. The fourth-order valence-corrected chi connectivity index (χ4v) is 5.33. The Balaban J connectivity index is 1.85. The smallest absolute Gasteiger partial charge is 0.196 e. The van der Waals surface area contributed by atoms with Crippen molar-refractivity contribution in [3.8, 4) is 5.75 Å². The molecule has 0 fully saturated rings.